The van der Waals surface area contributed by atoms with E-state index < -0.39 is 0 Å². The maximum atomic E-state index is 5.35. The van der Waals surface area contributed by atoms with Crippen molar-refractivity contribution in [3.63, 3.8) is 0 Å². The van der Waals surface area contributed by atoms with E-state index in [9.17, 15) is 0 Å². The third-order valence-corrected chi connectivity index (χ3v) is 10.6. The molecule has 3 heteroatoms. The topological polar surface area (TPSA) is 30.7 Å². The second kappa shape index (κ2) is 10.8. The van der Waals surface area contributed by atoms with Crippen LogP contribution in [-0.2, 0) is 5.41 Å². The number of para-hydroxylation sites is 1. The van der Waals surface area contributed by atoms with Gasteiger partial charge < -0.3 is 4.57 Å². The third kappa shape index (κ3) is 4.23. The van der Waals surface area contributed by atoms with Gasteiger partial charge in [0, 0.05) is 38.4 Å². The molecule has 2 aromatic heterocycles. The van der Waals surface area contributed by atoms with E-state index >= 15 is 0 Å². The SMILES string of the molecule is CC1(C)c2ccccc2-c2c1ccc1nc(-c3ccc(-n4c5ccccc5c5cc(-c6ccccc6)ccc54)cc3)nc(-c3ccccc3)c21. The van der Waals surface area contributed by atoms with E-state index in [1.54, 1.807) is 0 Å². The van der Waals surface area contributed by atoms with Crippen molar-refractivity contribution >= 4 is 32.7 Å². The second-order valence-corrected chi connectivity index (χ2v) is 13.8. The number of fused-ring (bicyclic) bond motifs is 8. The van der Waals surface area contributed by atoms with Crippen molar-refractivity contribution in [2.75, 3.05) is 0 Å². The Labute approximate surface area is 291 Å². The van der Waals surface area contributed by atoms with Crippen LogP contribution >= 0.6 is 0 Å². The molecule has 0 atom stereocenters. The van der Waals surface area contributed by atoms with Gasteiger partial charge in [0.25, 0.3) is 0 Å². The van der Waals surface area contributed by atoms with Crippen LogP contribution in [0.15, 0.2) is 164 Å². The first kappa shape index (κ1) is 28.7. The summed E-state index contributed by atoms with van der Waals surface area (Å²) in [6, 6.07) is 58.6. The Morgan fingerprint density at radius 3 is 1.94 bits per heavy atom. The lowest BCUT2D eigenvalue weighted by Gasteiger charge is -2.21. The Balaban J connectivity index is 1.13. The zero-order valence-corrected chi connectivity index (χ0v) is 27.9. The molecule has 3 nitrogen and oxygen atoms in total. The predicted molar refractivity (Wildman–Crippen MR) is 208 cm³/mol. The van der Waals surface area contributed by atoms with Gasteiger partial charge in [0.05, 0.1) is 22.2 Å². The molecule has 0 N–H and O–H groups in total. The maximum Gasteiger partial charge on any atom is 0.160 e. The summed E-state index contributed by atoms with van der Waals surface area (Å²) in [6.45, 7) is 4.64. The zero-order chi connectivity index (χ0) is 33.4. The van der Waals surface area contributed by atoms with Crippen molar-refractivity contribution in [2.45, 2.75) is 19.3 Å². The van der Waals surface area contributed by atoms with E-state index in [1.807, 2.05) is 0 Å². The molecule has 1 aliphatic carbocycles. The molecule has 10 rings (SSSR count). The van der Waals surface area contributed by atoms with Gasteiger partial charge in [0.1, 0.15) is 0 Å². The Bertz CT molecular complexity index is 2760. The monoisotopic (exact) mass is 639 g/mol. The minimum Gasteiger partial charge on any atom is -0.309 e. The predicted octanol–water partition coefficient (Wildman–Crippen LogP) is 12.0. The van der Waals surface area contributed by atoms with Gasteiger partial charge >= 0.3 is 0 Å². The highest BCUT2D eigenvalue weighted by atomic mass is 15.0. The van der Waals surface area contributed by atoms with Gasteiger partial charge in [-0.1, -0.05) is 129 Å². The summed E-state index contributed by atoms with van der Waals surface area (Å²) in [5.74, 6) is 0.725. The standard InChI is InChI=1S/C47H33N3/c1-47(2)38-19-11-9-18-36(38)43-39(47)26-27-40-44(43)45(31-15-7-4-8-16-31)49-46(48-40)32-21-24-34(25-22-32)50-41-20-12-10-17-35(41)37-29-33(23-28-42(37)50)30-13-5-3-6-14-30/h3-29H,1-2H3. The molecular weight excluding hydrogens is 607 g/mol. The van der Waals surface area contributed by atoms with Gasteiger partial charge in [-0.15, -0.1) is 0 Å². The van der Waals surface area contributed by atoms with Crippen LogP contribution in [0.4, 0.5) is 0 Å². The number of benzene rings is 7. The molecule has 0 spiro atoms. The van der Waals surface area contributed by atoms with E-state index in [0.717, 1.165) is 39.2 Å². The molecule has 1 aliphatic rings. The van der Waals surface area contributed by atoms with Crippen LogP contribution in [0.2, 0.25) is 0 Å². The van der Waals surface area contributed by atoms with E-state index in [4.69, 9.17) is 9.97 Å². The lowest BCUT2D eigenvalue weighted by atomic mass is 9.82. The van der Waals surface area contributed by atoms with Gasteiger partial charge in [-0.3, -0.25) is 0 Å². The van der Waals surface area contributed by atoms with Crippen molar-refractivity contribution in [2.24, 2.45) is 0 Å². The van der Waals surface area contributed by atoms with Crippen LogP contribution in [0.3, 0.4) is 0 Å². The zero-order valence-electron chi connectivity index (χ0n) is 27.9. The van der Waals surface area contributed by atoms with Crippen molar-refractivity contribution in [3.8, 4) is 50.6 Å². The molecule has 50 heavy (non-hydrogen) atoms. The molecule has 0 saturated carbocycles. The van der Waals surface area contributed by atoms with Crippen molar-refractivity contribution < 1.29 is 0 Å². The Morgan fingerprint density at radius 1 is 0.480 bits per heavy atom. The van der Waals surface area contributed by atoms with Gasteiger partial charge in [-0.05, 0) is 81.9 Å². The molecule has 0 unspecified atom stereocenters. The maximum absolute atomic E-state index is 5.35. The lowest BCUT2D eigenvalue weighted by Crippen LogP contribution is -2.14. The van der Waals surface area contributed by atoms with Crippen LogP contribution < -0.4 is 0 Å². The van der Waals surface area contributed by atoms with Crippen molar-refractivity contribution in [3.05, 3.63) is 175 Å². The summed E-state index contributed by atoms with van der Waals surface area (Å²) < 4.78 is 2.36. The lowest BCUT2D eigenvalue weighted by molar-refractivity contribution is 0.661. The molecule has 2 heterocycles. The molecule has 0 saturated heterocycles. The molecular formula is C47H33N3. The quantitative estimate of drug-likeness (QED) is 0.192. The summed E-state index contributed by atoms with van der Waals surface area (Å²) in [7, 11) is 0. The molecule has 0 radical (unpaired) electrons. The Morgan fingerprint density at radius 2 is 1.14 bits per heavy atom. The second-order valence-electron chi connectivity index (χ2n) is 13.8. The Kier molecular flexibility index (Phi) is 6.22. The van der Waals surface area contributed by atoms with Crippen LogP contribution in [0.25, 0.3) is 83.3 Å². The number of hydrogen-bond acceptors (Lipinski definition) is 2. The highest BCUT2D eigenvalue weighted by molar-refractivity contribution is 6.11. The highest BCUT2D eigenvalue weighted by Crippen LogP contribution is 2.52. The number of rotatable bonds is 4. The first-order valence-corrected chi connectivity index (χ1v) is 17.3. The van der Waals surface area contributed by atoms with Gasteiger partial charge in [0.15, 0.2) is 5.82 Å². The van der Waals surface area contributed by atoms with Crippen LogP contribution in [0.5, 0.6) is 0 Å². The number of nitrogens with zero attached hydrogens (tertiary/aromatic N) is 3. The van der Waals surface area contributed by atoms with Crippen LogP contribution in [0, 0.1) is 0 Å². The van der Waals surface area contributed by atoms with E-state index in [1.165, 1.54) is 55.2 Å². The highest BCUT2D eigenvalue weighted by Gasteiger charge is 2.37. The molecule has 0 aliphatic heterocycles. The average molecular weight is 640 g/mol. The molecule has 7 aromatic carbocycles. The summed E-state index contributed by atoms with van der Waals surface area (Å²) in [5, 5.41) is 3.60. The van der Waals surface area contributed by atoms with Gasteiger partial charge in [-0.25, -0.2) is 9.97 Å². The van der Waals surface area contributed by atoms with Gasteiger partial charge in [-0.2, -0.15) is 0 Å². The molecule has 236 valence electrons. The van der Waals surface area contributed by atoms with Crippen LogP contribution in [0.1, 0.15) is 25.0 Å². The fourth-order valence-corrected chi connectivity index (χ4v) is 8.17. The van der Waals surface area contributed by atoms with Crippen molar-refractivity contribution in [1.29, 1.82) is 0 Å². The number of hydrogen-bond donors (Lipinski definition) is 0. The van der Waals surface area contributed by atoms with E-state index in [2.05, 4.69) is 182 Å². The van der Waals surface area contributed by atoms with Crippen molar-refractivity contribution in [1.82, 2.24) is 14.5 Å². The first-order valence-electron chi connectivity index (χ1n) is 17.3. The Hall–Kier alpha value is -6.32. The third-order valence-electron chi connectivity index (χ3n) is 10.6. The van der Waals surface area contributed by atoms with E-state index in [-0.39, 0.29) is 5.41 Å². The molecule has 9 aromatic rings. The summed E-state index contributed by atoms with van der Waals surface area (Å²) in [5.41, 5.74) is 15.0. The molecule has 0 fully saturated rings. The van der Waals surface area contributed by atoms with Gasteiger partial charge in [0.2, 0.25) is 0 Å². The summed E-state index contributed by atoms with van der Waals surface area (Å²) in [6.07, 6.45) is 0. The fraction of sp³-hybridized carbons (Fsp3) is 0.0638. The normalized spacial score (nSPS) is 13.2. The molecule has 0 amide bonds. The van der Waals surface area contributed by atoms with Crippen LogP contribution in [-0.4, -0.2) is 14.5 Å². The average Bonchev–Trinajstić information content (AvgIpc) is 3.63. The minimum absolute atomic E-state index is 0.0987. The number of aromatic nitrogens is 3. The summed E-state index contributed by atoms with van der Waals surface area (Å²) >= 11 is 0. The largest absolute Gasteiger partial charge is 0.309 e. The summed E-state index contributed by atoms with van der Waals surface area (Å²) in [4.78, 5) is 10.6. The fourth-order valence-electron chi connectivity index (χ4n) is 8.17. The first-order chi connectivity index (χ1) is 24.6. The molecule has 0 bridgehead atoms. The minimum atomic E-state index is -0.0987. The van der Waals surface area contributed by atoms with E-state index in [0.29, 0.717) is 0 Å². The smallest absolute Gasteiger partial charge is 0.160 e.